The Morgan fingerprint density at radius 2 is 1.86 bits per heavy atom. The molecule has 9 heteroatoms. The highest BCUT2D eigenvalue weighted by Crippen LogP contribution is 2.35. The van der Waals surface area contributed by atoms with Gasteiger partial charge in [-0.3, -0.25) is 4.79 Å². The van der Waals surface area contributed by atoms with Crippen LogP contribution in [0.4, 0.5) is 18.9 Å². The summed E-state index contributed by atoms with van der Waals surface area (Å²) in [6.45, 7) is 3.73. The second kappa shape index (κ2) is 8.79. The number of hydrogen-bond donors (Lipinski definition) is 1. The lowest BCUT2D eigenvalue weighted by molar-refractivity contribution is -0.141. The Labute approximate surface area is 174 Å². The molecule has 1 atom stereocenters. The zero-order valence-electron chi connectivity index (χ0n) is 16.0. The third kappa shape index (κ3) is 4.61. The van der Waals surface area contributed by atoms with Gasteiger partial charge in [0.1, 0.15) is 5.69 Å². The summed E-state index contributed by atoms with van der Waals surface area (Å²) in [7, 11) is 0. The molecule has 158 valence electrons. The monoisotopic (exact) mass is 426 g/mol. The minimum atomic E-state index is -4.50. The number of nitrogens with one attached hydrogen (secondary N) is 1. The number of piperidine rings is 1. The molecule has 3 heterocycles. The number of rotatable bonds is 2. The van der Waals surface area contributed by atoms with Crippen LogP contribution in [0.15, 0.2) is 30.3 Å². The third-order valence-corrected chi connectivity index (χ3v) is 5.56. The fourth-order valence-corrected chi connectivity index (χ4v) is 4.05. The number of benzene rings is 1. The normalized spacial score (nSPS) is 20.4. The minimum Gasteiger partial charge on any atom is -0.367 e. The van der Waals surface area contributed by atoms with Crippen LogP contribution in [0, 0.1) is 5.92 Å². The molecule has 2 saturated heterocycles. The number of piperazine rings is 1. The second-order valence-corrected chi connectivity index (χ2v) is 7.40. The Hall–Kier alpha value is -2.00. The fraction of sp³-hybridized carbons (Fsp3) is 0.500. The predicted octanol–water partition coefficient (Wildman–Crippen LogP) is 3.01. The van der Waals surface area contributed by atoms with E-state index >= 15 is 0 Å². The molecule has 29 heavy (non-hydrogen) atoms. The van der Waals surface area contributed by atoms with Crippen LogP contribution >= 0.6 is 13.5 Å². The number of halogens is 3. The van der Waals surface area contributed by atoms with Crippen molar-refractivity contribution in [3.8, 4) is 0 Å². The maximum Gasteiger partial charge on any atom is 0.433 e. The van der Waals surface area contributed by atoms with Crippen LogP contribution in [-0.4, -0.2) is 55.1 Å². The molecule has 2 fully saturated rings. The van der Waals surface area contributed by atoms with E-state index in [9.17, 15) is 18.0 Å². The largest absolute Gasteiger partial charge is 0.433 e. The number of carbonyl (C=O) groups is 1. The van der Waals surface area contributed by atoms with Gasteiger partial charge >= 0.3 is 6.18 Å². The number of aromatic nitrogens is 1. The molecule has 0 unspecified atom stereocenters. The maximum atomic E-state index is 13.3. The van der Waals surface area contributed by atoms with Gasteiger partial charge < -0.3 is 15.1 Å². The highest BCUT2D eigenvalue weighted by atomic mass is 32.1. The number of hydrogen-bond acceptors (Lipinski definition) is 4. The van der Waals surface area contributed by atoms with Crippen molar-refractivity contribution in [3.05, 3.63) is 36.0 Å². The van der Waals surface area contributed by atoms with Crippen LogP contribution in [0.25, 0.3) is 10.9 Å². The van der Waals surface area contributed by atoms with Gasteiger partial charge in [0.05, 0.1) is 11.4 Å². The van der Waals surface area contributed by atoms with Gasteiger partial charge in [-0.1, -0.05) is 18.2 Å². The lowest BCUT2D eigenvalue weighted by Crippen LogP contribution is -2.52. The van der Waals surface area contributed by atoms with Crippen LogP contribution in [-0.2, 0) is 11.0 Å². The van der Waals surface area contributed by atoms with E-state index in [2.05, 4.69) is 10.3 Å². The number of carbonyl (C=O) groups excluding carboxylic acids is 1. The van der Waals surface area contributed by atoms with E-state index < -0.39 is 11.9 Å². The first-order valence-electron chi connectivity index (χ1n) is 9.65. The Bertz CT molecular complexity index is 862. The summed E-state index contributed by atoms with van der Waals surface area (Å²) in [5.41, 5.74) is -0.0172. The standard InChI is InChI=1S/C20H23F3N4O.H2S/c21-20(22,23)18-12-17(15-5-1-2-6-16(15)25-18)26-8-10-27(11-9-26)19(28)14-4-3-7-24-13-14;/h1-2,5-6,12,14,24H,3-4,7-11,13H2;1H2/t14-;/m0./s1. The van der Waals surface area contributed by atoms with Gasteiger partial charge in [-0.05, 0) is 31.5 Å². The van der Waals surface area contributed by atoms with Crippen LogP contribution in [0.2, 0.25) is 0 Å². The molecular formula is C20H25F3N4OS. The molecule has 4 rings (SSSR count). The number of para-hydroxylation sites is 1. The molecule has 0 spiro atoms. The van der Waals surface area contributed by atoms with E-state index in [0.717, 1.165) is 25.5 Å². The van der Waals surface area contributed by atoms with Gasteiger partial charge in [-0.2, -0.15) is 26.7 Å². The van der Waals surface area contributed by atoms with Crippen LogP contribution in [0.1, 0.15) is 18.5 Å². The maximum absolute atomic E-state index is 13.3. The summed E-state index contributed by atoms with van der Waals surface area (Å²) in [6, 6.07) is 8.02. The number of amides is 1. The van der Waals surface area contributed by atoms with Crippen LogP contribution in [0.5, 0.6) is 0 Å². The number of fused-ring (bicyclic) bond motifs is 1. The zero-order chi connectivity index (χ0) is 19.7. The molecule has 0 saturated carbocycles. The Morgan fingerprint density at radius 1 is 1.14 bits per heavy atom. The molecule has 2 aromatic rings. The lowest BCUT2D eigenvalue weighted by Gasteiger charge is -2.38. The van der Waals surface area contributed by atoms with Crippen molar-refractivity contribution in [1.29, 1.82) is 0 Å². The van der Waals surface area contributed by atoms with Crippen LogP contribution in [0.3, 0.4) is 0 Å². The molecule has 0 radical (unpaired) electrons. The molecule has 2 aliphatic heterocycles. The van der Waals surface area contributed by atoms with Crippen LogP contribution < -0.4 is 10.2 Å². The van der Waals surface area contributed by atoms with E-state index in [1.807, 2.05) is 9.80 Å². The first-order valence-corrected chi connectivity index (χ1v) is 9.65. The van der Waals surface area contributed by atoms with Crippen molar-refractivity contribution >= 4 is 36.0 Å². The first kappa shape index (κ1) is 21.7. The third-order valence-electron chi connectivity index (χ3n) is 5.56. The van der Waals surface area contributed by atoms with Gasteiger partial charge in [-0.25, -0.2) is 4.98 Å². The van der Waals surface area contributed by atoms with E-state index in [1.165, 1.54) is 0 Å². The Morgan fingerprint density at radius 3 is 2.52 bits per heavy atom. The highest BCUT2D eigenvalue weighted by Gasteiger charge is 2.35. The average Bonchev–Trinajstić information content (AvgIpc) is 2.72. The summed E-state index contributed by atoms with van der Waals surface area (Å²) in [4.78, 5) is 20.3. The van der Waals surface area contributed by atoms with Crippen molar-refractivity contribution in [3.63, 3.8) is 0 Å². The number of nitrogens with zero attached hydrogens (tertiary/aromatic N) is 3. The van der Waals surface area contributed by atoms with Crippen molar-refractivity contribution < 1.29 is 18.0 Å². The summed E-state index contributed by atoms with van der Waals surface area (Å²) >= 11 is 0. The van der Waals surface area contributed by atoms with E-state index in [1.54, 1.807) is 24.3 Å². The van der Waals surface area contributed by atoms with Crippen molar-refractivity contribution in [2.24, 2.45) is 5.92 Å². The highest BCUT2D eigenvalue weighted by molar-refractivity contribution is 7.59. The summed E-state index contributed by atoms with van der Waals surface area (Å²) in [5, 5.41) is 3.96. The topological polar surface area (TPSA) is 48.5 Å². The SMILES string of the molecule is O=C([C@H]1CCCNC1)N1CCN(c2cc(C(F)(F)F)nc3ccccc23)CC1.S. The van der Waals surface area contributed by atoms with Crippen molar-refractivity contribution in [2.45, 2.75) is 19.0 Å². The molecule has 1 amide bonds. The molecule has 0 bridgehead atoms. The molecule has 2 aliphatic rings. The summed E-state index contributed by atoms with van der Waals surface area (Å²) in [5.74, 6) is 0.168. The van der Waals surface area contributed by atoms with Crippen molar-refractivity contribution in [2.75, 3.05) is 44.2 Å². The zero-order valence-corrected chi connectivity index (χ0v) is 17.0. The van der Waals surface area contributed by atoms with Gasteiger partial charge in [0.15, 0.2) is 0 Å². The molecule has 5 nitrogen and oxygen atoms in total. The number of anilines is 1. The number of alkyl halides is 3. The lowest BCUT2D eigenvalue weighted by atomic mass is 9.98. The second-order valence-electron chi connectivity index (χ2n) is 7.40. The molecular weight excluding hydrogens is 401 g/mol. The number of pyridine rings is 1. The van der Waals surface area contributed by atoms with Gasteiger partial charge in [0.25, 0.3) is 0 Å². The summed E-state index contributed by atoms with van der Waals surface area (Å²) in [6.07, 6.45) is -2.60. The summed E-state index contributed by atoms with van der Waals surface area (Å²) < 4.78 is 39.9. The Kier molecular flexibility index (Phi) is 6.58. The average molecular weight is 427 g/mol. The molecule has 0 aliphatic carbocycles. The first-order chi connectivity index (χ1) is 13.4. The molecule has 1 aromatic heterocycles. The van der Waals surface area contributed by atoms with E-state index in [0.29, 0.717) is 49.3 Å². The van der Waals surface area contributed by atoms with Gasteiger partial charge in [0.2, 0.25) is 5.91 Å². The van der Waals surface area contributed by atoms with Gasteiger partial charge in [-0.15, -0.1) is 0 Å². The fourth-order valence-electron chi connectivity index (χ4n) is 4.05. The minimum absolute atomic E-state index is 0. The Balaban J connectivity index is 0.00000240. The molecule has 1 N–H and O–H groups in total. The van der Waals surface area contributed by atoms with E-state index in [-0.39, 0.29) is 25.3 Å². The van der Waals surface area contributed by atoms with E-state index in [4.69, 9.17) is 0 Å². The molecule has 1 aromatic carbocycles. The smallest absolute Gasteiger partial charge is 0.367 e. The predicted molar refractivity (Wildman–Crippen MR) is 112 cm³/mol. The van der Waals surface area contributed by atoms with Crippen molar-refractivity contribution in [1.82, 2.24) is 15.2 Å². The van der Waals surface area contributed by atoms with Gasteiger partial charge in [0, 0.05) is 43.8 Å². The quantitative estimate of drug-likeness (QED) is 0.802.